The monoisotopic (exact) mass is 435 g/mol. The fraction of sp³-hybridized carbons (Fsp3) is 0.524. The van der Waals surface area contributed by atoms with Gasteiger partial charge >= 0.3 is 6.09 Å². The molecule has 1 aliphatic heterocycles. The summed E-state index contributed by atoms with van der Waals surface area (Å²) in [5, 5.41) is 16.3. The smallest absolute Gasteiger partial charge is 0.410 e. The SMILES string of the molecule is CSC(C)(C)c1cc(NC(=O)O)n(-c2cccc(OCCOC3CCCCO3)c2)n1. The maximum absolute atomic E-state index is 11.2. The fourth-order valence-corrected chi connectivity index (χ4v) is 3.37. The molecule has 1 aliphatic rings. The molecule has 1 fully saturated rings. The number of hydrogen-bond acceptors (Lipinski definition) is 6. The molecular weight excluding hydrogens is 406 g/mol. The molecule has 2 N–H and O–H groups in total. The Bertz CT molecular complexity index is 849. The number of amides is 1. The molecule has 8 nitrogen and oxygen atoms in total. The van der Waals surface area contributed by atoms with E-state index in [9.17, 15) is 9.90 Å². The molecule has 1 saturated heterocycles. The second-order valence-corrected chi connectivity index (χ2v) is 8.91. The highest BCUT2D eigenvalue weighted by Gasteiger charge is 2.25. The molecular formula is C21H29N3O5S. The zero-order valence-electron chi connectivity index (χ0n) is 17.6. The van der Waals surface area contributed by atoms with Gasteiger partial charge in [0, 0.05) is 18.7 Å². The minimum absolute atomic E-state index is 0.138. The third-order valence-corrected chi connectivity index (χ3v) is 6.16. The van der Waals surface area contributed by atoms with Crippen molar-refractivity contribution >= 4 is 23.7 Å². The van der Waals surface area contributed by atoms with Crippen molar-refractivity contribution in [2.75, 3.05) is 31.4 Å². The Morgan fingerprint density at radius 1 is 1.37 bits per heavy atom. The molecule has 1 unspecified atom stereocenters. The van der Waals surface area contributed by atoms with Crippen molar-refractivity contribution in [1.29, 1.82) is 0 Å². The molecule has 3 rings (SSSR count). The number of carbonyl (C=O) groups is 1. The number of ether oxygens (including phenoxy) is 3. The van der Waals surface area contributed by atoms with Gasteiger partial charge in [0.25, 0.3) is 0 Å². The van der Waals surface area contributed by atoms with Gasteiger partial charge in [0.15, 0.2) is 6.29 Å². The Labute approximate surface area is 180 Å². The Kier molecular flexibility index (Phi) is 7.63. The van der Waals surface area contributed by atoms with Gasteiger partial charge in [-0.25, -0.2) is 9.48 Å². The van der Waals surface area contributed by atoms with Crippen LogP contribution in [0.3, 0.4) is 0 Å². The standard InChI is InChI=1S/C21H29N3O5S/c1-21(2,30-3)17-14-18(22-20(25)26)24(23-17)15-7-6-8-16(13-15)27-11-12-29-19-9-4-5-10-28-19/h6-8,13-14,19,22H,4-5,9-12H2,1-3H3,(H,25,26). The van der Waals surface area contributed by atoms with Crippen LogP contribution in [-0.2, 0) is 14.2 Å². The van der Waals surface area contributed by atoms with E-state index in [0.717, 1.165) is 31.6 Å². The number of nitrogens with zero attached hydrogens (tertiary/aromatic N) is 2. The topological polar surface area (TPSA) is 94.8 Å². The van der Waals surface area contributed by atoms with Gasteiger partial charge in [0.2, 0.25) is 0 Å². The van der Waals surface area contributed by atoms with Crippen LogP contribution in [-0.4, -0.2) is 53.3 Å². The number of rotatable bonds is 9. The largest absolute Gasteiger partial charge is 0.491 e. The van der Waals surface area contributed by atoms with Crippen LogP contribution in [0, 0.1) is 0 Å². The maximum Gasteiger partial charge on any atom is 0.410 e. The van der Waals surface area contributed by atoms with Crippen LogP contribution in [0.1, 0.15) is 38.8 Å². The summed E-state index contributed by atoms with van der Waals surface area (Å²) in [5.41, 5.74) is 1.49. The van der Waals surface area contributed by atoms with Crippen molar-refractivity contribution in [3.8, 4) is 11.4 Å². The first-order chi connectivity index (χ1) is 14.4. The molecule has 1 atom stereocenters. The predicted molar refractivity (Wildman–Crippen MR) is 117 cm³/mol. The highest BCUT2D eigenvalue weighted by molar-refractivity contribution is 7.99. The van der Waals surface area contributed by atoms with E-state index in [2.05, 4.69) is 10.4 Å². The second-order valence-electron chi connectivity index (χ2n) is 7.48. The van der Waals surface area contributed by atoms with Gasteiger partial charge in [0.1, 0.15) is 18.2 Å². The van der Waals surface area contributed by atoms with E-state index in [4.69, 9.17) is 14.2 Å². The minimum Gasteiger partial charge on any atom is -0.491 e. The summed E-state index contributed by atoms with van der Waals surface area (Å²) in [5.74, 6) is 1.04. The summed E-state index contributed by atoms with van der Waals surface area (Å²) in [6, 6.07) is 9.14. The van der Waals surface area contributed by atoms with Gasteiger partial charge < -0.3 is 19.3 Å². The number of thioether (sulfide) groups is 1. The third-order valence-electron chi connectivity index (χ3n) is 4.93. The summed E-state index contributed by atoms with van der Waals surface area (Å²) < 4.78 is 18.4. The summed E-state index contributed by atoms with van der Waals surface area (Å²) in [6.07, 6.45) is 3.85. The highest BCUT2D eigenvalue weighted by atomic mass is 32.2. The summed E-state index contributed by atoms with van der Waals surface area (Å²) in [7, 11) is 0. The number of carboxylic acid groups (broad SMARTS) is 1. The van der Waals surface area contributed by atoms with Gasteiger partial charge in [-0.15, -0.1) is 0 Å². The average Bonchev–Trinajstić information content (AvgIpc) is 3.16. The Balaban J connectivity index is 1.70. The van der Waals surface area contributed by atoms with E-state index < -0.39 is 6.09 Å². The van der Waals surface area contributed by atoms with Crippen molar-refractivity contribution < 1.29 is 24.1 Å². The van der Waals surface area contributed by atoms with Crippen molar-refractivity contribution in [2.45, 2.75) is 44.1 Å². The molecule has 0 aliphatic carbocycles. The van der Waals surface area contributed by atoms with Gasteiger partial charge in [-0.1, -0.05) is 6.07 Å². The summed E-state index contributed by atoms with van der Waals surface area (Å²) >= 11 is 1.64. The van der Waals surface area contributed by atoms with Crippen LogP contribution in [0.25, 0.3) is 5.69 Å². The van der Waals surface area contributed by atoms with E-state index in [0.29, 0.717) is 30.5 Å². The normalized spacial score (nSPS) is 17.0. The van der Waals surface area contributed by atoms with Crippen molar-refractivity contribution in [3.63, 3.8) is 0 Å². The molecule has 1 aromatic carbocycles. The van der Waals surface area contributed by atoms with Crippen molar-refractivity contribution in [2.24, 2.45) is 0 Å². The molecule has 1 amide bonds. The lowest BCUT2D eigenvalue weighted by atomic mass is 10.1. The van der Waals surface area contributed by atoms with Crippen LogP contribution in [0.2, 0.25) is 0 Å². The second kappa shape index (κ2) is 10.2. The first kappa shape index (κ1) is 22.5. The molecule has 0 bridgehead atoms. The number of benzene rings is 1. The molecule has 1 aromatic heterocycles. The number of anilines is 1. The van der Waals surface area contributed by atoms with Crippen LogP contribution < -0.4 is 10.1 Å². The van der Waals surface area contributed by atoms with Gasteiger partial charge in [-0.3, -0.25) is 5.32 Å². The molecule has 0 spiro atoms. The molecule has 2 aromatic rings. The van der Waals surface area contributed by atoms with Gasteiger partial charge in [0.05, 0.1) is 22.7 Å². The molecule has 0 radical (unpaired) electrons. The Hall–Kier alpha value is -2.23. The fourth-order valence-electron chi connectivity index (χ4n) is 3.06. The van der Waals surface area contributed by atoms with E-state index in [1.165, 1.54) is 0 Å². The van der Waals surface area contributed by atoms with Crippen LogP contribution in [0.5, 0.6) is 5.75 Å². The van der Waals surface area contributed by atoms with Crippen LogP contribution in [0.4, 0.5) is 10.6 Å². The molecule has 30 heavy (non-hydrogen) atoms. The van der Waals surface area contributed by atoms with E-state index in [1.54, 1.807) is 22.5 Å². The molecule has 164 valence electrons. The number of aromatic nitrogens is 2. The lowest BCUT2D eigenvalue weighted by molar-refractivity contribution is -0.165. The maximum atomic E-state index is 11.2. The van der Waals surface area contributed by atoms with Crippen molar-refractivity contribution in [3.05, 3.63) is 36.0 Å². The third kappa shape index (κ3) is 5.90. The minimum atomic E-state index is -1.14. The Morgan fingerprint density at radius 2 is 2.20 bits per heavy atom. The molecule has 0 saturated carbocycles. The number of hydrogen-bond donors (Lipinski definition) is 2. The van der Waals surface area contributed by atoms with Crippen LogP contribution >= 0.6 is 11.8 Å². The zero-order chi connectivity index (χ0) is 21.6. The summed E-state index contributed by atoms with van der Waals surface area (Å²) in [4.78, 5) is 11.2. The van der Waals surface area contributed by atoms with E-state index in [-0.39, 0.29) is 11.0 Å². The lowest BCUT2D eigenvalue weighted by Gasteiger charge is -2.22. The Morgan fingerprint density at radius 3 is 2.90 bits per heavy atom. The van der Waals surface area contributed by atoms with Gasteiger partial charge in [-0.05, 0) is 51.5 Å². The first-order valence-electron chi connectivity index (χ1n) is 10.0. The van der Waals surface area contributed by atoms with Crippen molar-refractivity contribution in [1.82, 2.24) is 9.78 Å². The molecule has 9 heteroatoms. The molecule has 2 heterocycles. The average molecular weight is 436 g/mol. The van der Waals surface area contributed by atoms with E-state index in [1.807, 2.05) is 44.4 Å². The quantitative estimate of drug-likeness (QED) is 0.561. The predicted octanol–water partition coefficient (Wildman–Crippen LogP) is 4.48. The first-order valence-corrected chi connectivity index (χ1v) is 11.2. The lowest BCUT2D eigenvalue weighted by Crippen LogP contribution is -2.24. The van der Waals surface area contributed by atoms with Gasteiger partial charge in [-0.2, -0.15) is 16.9 Å². The number of nitrogens with one attached hydrogen (secondary N) is 1. The summed E-state index contributed by atoms with van der Waals surface area (Å²) in [6.45, 7) is 5.68. The highest BCUT2D eigenvalue weighted by Crippen LogP contribution is 2.35. The van der Waals surface area contributed by atoms with Crippen LogP contribution in [0.15, 0.2) is 30.3 Å². The zero-order valence-corrected chi connectivity index (χ0v) is 18.4. The van der Waals surface area contributed by atoms with E-state index >= 15 is 0 Å².